The molecule has 1 heterocycles. The largest absolute Gasteiger partial charge is 0.455 e. The second-order valence-corrected chi connectivity index (χ2v) is 9.51. The van der Waals surface area contributed by atoms with Crippen LogP contribution in [0.5, 0.6) is 0 Å². The second-order valence-electron chi connectivity index (χ2n) is 9.51. The van der Waals surface area contributed by atoms with E-state index in [-0.39, 0.29) is 0 Å². The molecule has 45 heavy (non-hydrogen) atoms. The van der Waals surface area contributed by atoms with Gasteiger partial charge in [-0.2, -0.15) is 0 Å². The molecule has 0 atom stereocenters. The molecule has 0 amide bonds. The molecule has 0 unspecified atom stereocenters. The molecule has 1 heteroatoms. The molecule has 0 saturated carbocycles. The first-order valence-electron chi connectivity index (χ1n) is 27.2. The monoisotopic (exact) mass is 600 g/mol. The molecule has 0 spiro atoms. The lowest BCUT2D eigenvalue weighted by Crippen LogP contribution is -1.91. The van der Waals surface area contributed by atoms with Gasteiger partial charge in [0.2, 0.25) is 0 Å². The fourth-order valence-electron chi connectivity index (χ4n) is 5.22. The Morgan fingerprint density at radius 1 is 0.333 bits per heavy atom. The van der Waals surface area contributed by atoms with Crippen LogP contribution in [0.3, 0.4) is 0 Å². The lowest BCUT2D eigenvalue weighted by molar-refractivity contribution is 0.633. The van der Waals surface area contributed by atoms with E-state index >= 15 is 0 Å². The van der Waals surface area contributed by atoms with Crippen LogP contribution in [0.2, 0.25) is 0 Å². The van der Waals surface area contributed by atoms with Gasteiger partial charge in [-0.3, -0.25) is 0 Å². The molecule has 0 aliphatic rings. The summed E-state index contributed by atoms with van der Waals surface area (Å²) in [5.74, 6) is -0.939. The molecular weight excluding hydrogens is 544 g/mol. The summed E-state index contributed by atoms with van der Waals surface area (Å²) in [6.07, 6.45) is 0. The van der Waals surface area contributed by atoms with Crippen LogP contribution in [0.1, 0.15) is 38.4 Å². The first kappa shape index (κ1) is 10.1. The summed E-state index contributed by atoms with van der Waals surface area (Å²) in [4.78, 5) is 0. The molecule has 1 aromatic heterocycles. The smallest absolute Gasteiger partial charge is 0.143 e. The molecule has 0 saturated heterocycles. The molecule has 0 bridgehead atoms. The van der Waals surface area contributed by atoms with Crippen LogP contribution in [0, 0.1) is 0 Å². The molecule has 8 aromatic carbocycles. The highest BCUT2D eigenvalue weighted by Crippen LogP contribution is 2.50. The molecule has 0 radical (unpaired) electrons. The Morgan fingerprint density at radius 3 is 1.53 bits per heavy atom. The first-order chi connectivity index (χ1) is 34.0. The van der Waals surface area contributed by atoms with Crippen LogP contribution < -0.4 is 0 Å². The van der Waals surface area contributed by atoms with Crippen LogP contribution in [0.4, 0.5) is 0 Å². The number of rotatable bonds is 4. The van der Waals surface area contributed by atoms with Crippen molar-refractivity contribution in [3.63, 3.8) is 0 Å². The van der Waals surface area contributed by atoms with E-state index in [9.17, 15) is 12.3 Å². The van der Waals surface area contributed by atoms with Gasteiger partial charge in [0, 0.05) is 22.1 Å². The highest BCUT2D eigenvalue weighted by atomic mass is 16.3. The average molecular weight is 601 g/mol. The third-order valence-corrected chi connectivity index (χ3v) is 7.06. The van der Waals surface area contributed by atoms with Crippen LogP contribution >= 0.6 is 0 Å². The van der Waals surface area contributed by atoms with Gasteiger partial charge in [0.25, 0.3) is 0 Å². The zero-order valence-corrected chi connectivity index (χ0v) is 22.4. The Labute approximate surface area is 301 Å². The summed E-state index contributed by atoms with van der Waals surface area (Å²) in [5, 5.41) is -5.16. The highest BCUT2D eigenvalue weighted by molar-refractivity contribution is 6.25. The summed E-state index contributed by atoms with van der Waals surface area (Å²) in [5.41, 5.74) is -6.42. The molecule has 0 aliphatic heterocycles. The van der Waals surface area contributed by atoms with E-state index in [0.717, 1.165) is 0 Å². The van der Waals surface area contributed by atoms with Gasteiger partial charge in [-0.05, 0) is 72.7 Å². The minimum atomic E-state index is -1.05. The quantitative estimate of drug-likeness (QED) is 0.183. The van der Waals surface area contributed by atoms with E-state index in [1.54, 1.807) is 0 Å². The second kappa shape index (κ2) is 10.4. The van der Waals surface area contributed by atoms with Gasteiger partial charge in [-0.25, -0.2) is 0 Å². The maximum absolute atomic E-state index is 9.66. The van der Waals surface area contributed by atoms with E-state index in [4.69, 9.17) is 30.5 Å². The highest BCUT2D eigenvalue weighted by Gasteiger charge is 2.24. The Hall–Kier alpha value is -5.92. The lowest BCUT2D eigenvalue weighted by Gasteiger charge is -2.18. The number of furan rings is 1. The normalized spacial score (nSPS) is 20.3. The van der Waals surface area contributed by atoms with Crippen molar-refractivity contribution in [1.82, 2.24) is 0 Å². The van der Waals surface area contributed by atoms with Crippen LogP contribution in [-0.4, -0.2) is 0 Å². The summed E-state index contributed by atoms with van der Waals surface area (Å²) < 4.78 is 256. The van der Waals surface area contributed by atoms with Crippen molar-refractivity contribution >= 4 is 43.3 Å². The number of fused-ring (bicyclic) bond motifs is 4. The van der Waals surface area contributed by atoms with Crippen molar-refractivity contribution in [2.75, 3.05) is 0 Å². The third kappa shape index (κ3) is 4.17. The predicted molar refractivity (Wildman–Crippen MR) is 190 cm³/mol. The average Bonchev–Trinajstić information content (AvgIpc) is 3.75. The molecule has 1 nitrogen and oxygen atoms in total. The van der Waals surface area contributed by atoms with Gasteiger partial charge in [0.05, 0.1) is 38.4 Å². The zero-order chi connectivity index (χ0) is 54.1. The van der Waals surface area contributed by atoms with Gasteiger partial charge in [0.1, 0.15) is 11.3 Å². The standard InChI is InChI=1S/C44H28O/c1-3-13-29(14-4-1)33-25-26-39-40(28-33)45-44(34-24-23-30-15-7-8-18-32(30)27-34)43(39)42-37-21-11-9-19-35(37)41(31-16-5-2-6-17-31)36-20-10-12-22-38(36)42/h1-28H/i1D,2D,3D,4D,5D,6D,7D,8D,9D,10D,11D,12D,13D,14D,15D,16D,17D,18D,19D,20D,21D,22D,23D,24D,25D,26D,27D,28D. The molecular formula is C44H28O. The number of hydrogen-bond donors (Lipinski definition) is 0. The molecule has 0 fully saturated rings. The maximum atomic E-state index is 9.66. The zero-order valence-electron chi connectivity index (χ0n) is 50.4. The summed E-state index contributed by atoms with van der Waals surface area (Å²) in [6, 6.07) is -27.1. The van der Waals surface area contributed by atoms with Gasteiger partial charge >= 0.3 is 0 Å². The number of benzene rings is 8. The van der Waals surface area contributed by atoms with Crippen molar-refractivity contribution in [3.05, 3.63) is 169 Å². The minimum Gasteiger partial charge on any atom is -0.455 e. The lowest BCUT2D eigenvalue weighted by atomic mass is 9.84. The fourth-order valence-corrected chi connectivity index (χ4v) is 5.22. The maximum Gasteiger partial charge on any atom is 0.143 e. The van der Waals surface area contributed by atoms with E-state index in [2.05, 4.69) is 0 Å². The van der Waals surface area contributed by atoms with Gasteiger partial charge in [0.15, 0.2) is 0 Å². The molecule has 9 aromatic rings. The molecule has 0 N–H and O–H groups in total. The van der Waals surface area contributed by atoms with E-state index in [1.165, 1.54) is 0 Å². The summed E-state index contributed by atoms with van der Waals surface area (Å²) >= 11 is 0. The van der Waals surface area contributed by atoms with Crippen molar-refractivity contribution in [1.29, 1.82) is 0 Å². The van der Waals surface area contributed by atoms with Gasteiger partial charge in [-0.1, -0.05) is 151 Å². The van der Waals surface area contributed by atoms with Crippen LogP contribution in [0.15, 0.2) is 174 Å². The minimum absolute atomic E-state index is 0.621. The SMILES string of the molecule is [2H]c1c([2H])c([2H])c(-c2c([2H])c([2H])c3c(-c4c5c([2H])c([2H])c([2H])c([2H])c5c(-c5c([2H])c([2H])c([2H])c([2H])c5[2H])c5c([2H])c([2H])c([2H])c([2H])c45)c(-c4c([2H])c([2H])c5c([2H])c([2H])c([2H])c([2H])c5c4[2H])oc3c2[2H])c([2H])c1[2H]. The topological polar surface area (TPSA) is 13.1 Å². The Balaban J connectivity index is 1.69. The number of hydrogen-bond acceptors (Lipinski definition) is 1. The van der Waals surface area contributed by atoms with E-state index < -0.39 is 257 Å². The Morgan fingerprint density at radius 2 is 0.867 bits per heavy atom. The van der Waals surface area contributed by atoms with Crippen LogP contribution in [0.25, 0.3) is 88.0 Å². The van der Waals surface area contributed by atoms with Crippen molar-refractivity contribution in [3.8, 4) is 44.7 Å². The Kier molecular flexibility index (Phi) is 2.32. The van der Waals surface area contributed by atoms with Gasteiger partial charge in [-0.15, -0.1) is 0 Å². The predicted octanol–water partition coefficient (Wildman–Crippen LogP) is 12.6. The molecule has 0 aliphatic carbocycles. The fraction of sp³-hybridized carbons (Fsp3) is 0. The van der Waals surface area contributed by atoms with Crippen molar-refractivity contribution in [2.24, 2.45) is 0 Å². The summed E-state index contributed by atoms with van der Waals surface area (Å²) in [6.45, 7) is 0. The first-order valence-corrected chi connectivity index (χ1v) is 13.2. The van der Waals surface area contributed by atoms with E-state index in [1.807, 2.05) is 0 Å². The van der Waals surface area contributed by atoms with Crippen molar-refractivity contribution in [2.45, 2.75) is 0 Å². The summed E-state index contributed by atoms with van der Waals surface area (Å²) in [7, 11) is 0. The van der Waals surface area contributed by atoms with E-state index in [0.29, 0.717) is 0 Å². The Bertz CT molecular complexity index is 3980. The molecule has 210 valence electrons. The van der Waals surface area contributed by atoms with Gasteiger partial charge < -0.3 is 4.42 Å². The third-order valence-electron chi connectivity index (χ3n) is 7.06. The van der Waals surface area contributed by atoms with Crippen LogP contribution in [-0.2, 0) is 0 Å². The molecule has 9 rings (SSSR count). The van der Waals surface area contributed by atoms with Crippen molar-refractivity contribution < 1.29 is 42.8 Å².